The summed E-state index contributed by atoms with van der Waals surface area (Å²) in [6.07, 6.45) is 1.19. The number of rotatable bonds is 2. The smallest absolute Gasteiger partial charge is 0.246 e. The average molecular weight is 189 g/mol. The minimum absolute atomic E-state index is 0.0864. The molecule has 1 aliphatic heterocycles. The summed E-state index contributed by atoms with van der Waals surface area (Å²) in [4.78, 5) is 12.4. The van der Waals surface area contributed by atoms with Gasteiger partial charge < -0.3 is 4.90 Å². The fourth-order valence-corrected chi connectivity index (χ4v) is 2.61. The van der Waals surface area contributed by atoms with Gasteiger partial charge in [0.25, 0.3) is 0 Å². The molecule has 0 radical (unpaired) electrons. The van der Waals surface area contributed by atoms with Gasteiger partial charge in [0.1, 0.15) is 0 Å². The molecular weight excluding hydrogens is 178 g/mol. The summed E-state index contributed by atoms with van der Waals surface area (Å²) >= 11 is 0. The summed E-state index contributed by atoms with van der Waals surface area (Å²) in [7, 11) is -1.26. The monoisotopic (exact) mass is 189 g/mol. The van der Waals surface area contributed by atoms with Crippen LogP contribution in [0, 0.1) is 0 Å². The molecule has 1 rings (SSSR count). The van der Waals surface area contributed by atoms with Gasteiger partial charge in [-0.05, 0) is 6.08 Å². The van der Waals surface area contributed by atoms with Crippen LogP contribution in [-0.4, -0.2) is 43.8 Å². The molecule has 1 heterocycles. The van der Waals surface area contributed by atoms with E-state index in [0.717, 1.165) is 0 Å². The van der Waals surface area contributed by atoms with Crippen molar-refractivity contribution in [3.05, 3.63) is 12.7 Å². The van der Waals surface area contributed by atoms with Gasteiger partial charge >= 0.3 is 0 Å². The lowest BCUT2D eigenvalue weighted by atomic mass is 10.3. The molecule has 0 atom stereocenters. The molecule has 1 saturated heterocycles. The van der Waals surface area contributed by atoms with Crippen LogP contribution < -0.4 is 0 Å². The van der Waals surface area contributed by atoms with Gasteiger partial charge in [0.15, 0.2) is 9.84 Å². The first-order valence-corrected chi connectivity index (χ1v) is 5.38. The Hall–Kier alpha value is -0.840. The van der Waals surface area contributed by atoms with Crippen molar-refractivity contribution < 1.29 is 13.2 Å². The van der Waals surface area contributed by atoms with Crippen LogP contribution in [0.3, 0.4) is 0 Å². The normalized spacial score (nSPS) is 21.1. The highest BCUT2D eigenvalue weighted by molar-refractivity contribution is 7.92. The molecule has 1 amide bonds. The van der Waals surface area contributed by atoms with E-state index >= 15 is 0 Å². The number of hydrogen-bond acceptors (Lipinski definition) is 3. The maximum atomic E-state index is 11.0. The summed E-state index contributed by atoms with van der Waals surface area (Å²) in [6, 6.07) is -0.152. The van der Waals surface area contributed by atoms with E-state index in [1.54, 1.807) is 7.05 Å². The lowest BCUT2D eigenvalue weighted by molar-refractivity contribution is -0.126. The van der Waals surface area contributed by atoms with E-state index in [4.69, 9.17) is 0 Å². The molecule has 5 heteroatoms. The lowest BCUT2D eigenvalue weighted by Crippen LogP contribution is -2.53. The van der Waals surface area contributed by atoms with Crippen LogP contribution in [0.4, 0.5) is 0 Å². The van der Waals surface area contributed by atoms with Gasteiger partial charge in [-0.1, -0.05) is 6.58 Å². The molecule has 0 unspecified atom stereocenters. The molecule has 68 valence electrons. The first-order valence-electron chi connectivity index (χ1n) is 3.56. The summed E-state index contributed by atoms with van der Waals surface area (Å²) in [5.41, 5.74) is 0. The van der Waals surface area contributed by atoms with Crippen LogP contribution >= 0.6 is 0 Å². The van der Waals surface area contributed by atoms with Gasteiger partial charge in [-0.2, -0.15) is 0 Å². The maximum absolute atomic E-state index is 11.0. The fourth-order valence-electron chi connectivity index (χ4n) is 1.08. The van der Waals surface area contributed by atoms with Gasteiger partial charge in [0, 0.05) is 7.05 Å². The number of carbonyl (C=O) groups is 1. The molecule has 1 fully saturated rings. The molecule has 0 aromatic carbocycles. The molecule has 1 aliphatic rings. The molecule has 0 aromatic rings. The zero-order chi connectivity index (χ0) is 9.35. The molecule has 0 spiro atoms. The van der Waals surface area contributed by atoms with Crippen molar-refractivity contribution in [1.29, 1.82) is 0 Å². The highest BCUT2D eigenvalue weighted by Crippen LogP contribution is 2.15. The van der Waals surface area contributed by atoms with E-state index in [1.807, 2.05) is 0 Å². The molecule has 0 aromatic heterocycles. The van der Waals surface area contributed by atoms with Crippen LogP contribution in [0.2, 0.25) is 0 Å². The first-order chi connectivity index (χ1) is 5.46. The second-order valence-corrected chi connectivity index (χ2v) is 5.04. The van der Waals surface area contributed by atoms with E-state index in [9.17, 15) is 13.2 Å². The van der Waals surface area contributed by atoms with Crippen LogP contribution in [0.15, 0.2) is 12.7 Å². The number of amides is 1. The van der Waals surface area contributed by atoms with Gasteiger partial charge in [-0.15, -0.1) is 0 Å². The van der Waals surface area contributed by atoms with Crippen molar-refractivity contribution >= 4 is 15.7 Å². The van der Waals surface area contributed by atoms with E-state index in [1.165, 1.54) is 11.0 Å². The standard InChI is InChI=1S/C7H11NO3S/c1-3-7(9)8(2)6-4-12(10,11)5-6/h3,6H,1,4-5H2,2H3. The van der Waals surface area contributed by atoms with Crippen molar-refractivity contribution in [1.82, 2.24) is 4.90 Å². The van der Waals surface area contributed by atoms with Gasteiger partial charge in [0.05, 0.1) is 17.5 Å². The van der Waals surface area contributed by atoms with Crippen molar-refractivity contribution in [2.24, 2.45) is 0 Å². The van der Waals surface area contributed by atoms with Gasteiger partial charge in [-0.25, -0.2) is 8.42 Å². The minimum atomic E-state index is -2.85. The van der Waals surface area contributed by atoms with Crippen molar-refractivity contribution in [2.75, 3.05) is 18.6 Å². The zero-order valence-corrected chi connectivity index (χ0v) is 7.67. The van der Waals surface area contributed by atoms with Gasteiger partial charge in [0.2, 0.25) is 5.91 Å². The Morgan fingerprint density at radius 2 is 2.08 bits per heavy atom. The Morgan fingerprint density at radius 3 is 2.42 bits per heavy atom. The Labute approximate surface area is 71.8 Å². The molecule has 0 saturated carbocycles. The van der Waals surface area contributed by atoms with Crippen molar-refractivity contribution in [3.63, 3.8) is 0 Å². The predicted octanol–water partition coefficient (Wildman–Crippen LogP) is -0.572. The SMILES string of the molecule is C=CC(=O)N(C)C1CS(=O)(=O)C1. The number of nitrogens with zero attached hydrogens (tertiary/aromatic N) is 1. The van der Waals surface area contributed by atoms with Crippen LogP contribution in [0.1, 0.15) is 0 Å². The molecule has 12 heavy (non-hydrogen) atoms. The van der Waals surface area contributed by atoms with E-state index in [0.29, 0.717) is 0 Å². The Bertz CT molecular complexity index is 295. The predicted molar refractivity (Wildman–Crippen MR) is 45.4 cm³/mol. The molecule has 0 bridgehead atoms. The molecule has 0 N–H and O–H groups in total. The molecule has 4 nitrogen and oxygen atoms in total. The second-order valence-electron chi connectivity index (χ2n) is 2.88. The van der Waals surface area contributed by atoms with Gasteiger partial charge in [-0.3, -0.25) is 4.79 Å². The number of sulfone groups is 1. The summed E-state index contributed by atoms with van der Waals surface area (Å²) in [5.74, 6) is -0.0542. The third-order valence-electron chi connectivity index (χ3n) is 1.96. The number of carbonyl (C=O) groups excluding carboxylic acids is 1. The number of likely N-dealkylation sites (N-methyl/N-ethyl adjacent to an activating group) is 1. The summed E-state index contributed by atoms with van der Waals surface area (Å²) in [5, 5.41) is 0. The summed E-state index contributed by atoms with van der Waals surface area (Å²) in [6.45, 7) is 3.32. The van der Waals surface area contributed by atoms with Crippen LogP contribution in [0.25, 0.3) is 0 Å². The van der Waals surface area contributed by atoms with E-state index in [2.05, 4.69) is 6.58 Å². The average Bonchev–Trinajstić information content (AvgIpc) is 1.97. The number of hydrogen-bond donors (Lipinski definition) is 0. The van der Waals surface area contributed by atoms with Crippen LogP contribution in [-0.2, 0) is 14.6 Å². The summed E-state index contributed by atoms with van der Waals surface area (Å²) < 4.78 is 21.5. The quantitative estimate of drug-likeness (QED) is 0.546. The Morgan fingerprint density at radius 1 is 1.58 bits per heavy atom. The molecular formula is C7H11NO3S. The van der Waals surface area contributed by atoms with Crippen LogP contribution in [0.5, 0.6) is 0 Å². The highest BCUT2D eigenvalue weighted by Gasteiger charge is 2.37. The van der Waals surface area contributed by atoms with E-state index < -0.39 is 9.84 Å². The Kier molecular flexibility index (Phi) is 2.23. The Balaban J connectivity index is 2.53. The fraction of sp³-hybridized carbons (Fsp3) is 0.571. The maximum Gasteiger partial charge on any atom is 0.246 e. The minimum Gasteiger partial charge on any atom is -0.337 e. The third kappa shape index (κ3) is 1.66. The third-order valence-corrected chi connectivity index (χ3v) is 3.75. The van der Waals surface area contributed by atoms with E-state index in [-0.39, 0.29) is 23.5 Å². The second kappa shape index (κ2) is 2.90. The first kappa shape index (κ1) is 9.25. The largest absolute Gasteiger partial charge is 0.337 e. The zero-order valence-electron chi connectivity index (χ0n) is 6.86. The lowest BCUT2D eigenvalue weighted by Gasteiger charge is -2.33. The molecule has 0 aliphatic carbocycles. The highest BCUT2D eigenvalue weighted by atomic mass is 32.2. The van der Waals surface area contributed by atoms with Crippen molar-refractivity contribution in [3.8, 4) is 0 Å². The van der Waals surface area contributed by atoms with Crippen molar-refractivity contribution in [2.45, 2.75) is 6.04 Å². The topological polar surface area (TPSA) is 54.5 Å².